The largest absolute Gasteiger partial charge is 0.354 e. The van der Waals surface area contributed by atoms with Crippen LogP contribution >= 0.6 is 0 Å². The van der Waals surface area contributed by atoms with E-state index in [1.807, 2.05) is 12.4 Å². The summed E-state index contributed by atoms with van der Waals surface area (Å²) in [4.78, 5) is 8.07. The topological polar surface area (TPSA) is 45.1 Å². The molecule has 4 heteroatoms. The van der Waals surface area contributed by atoms with Crippen molar-refractivity contribution < 1.29 is 0 Å². The van der Waals surface area contributed by atoms with E-state index in [9.17, 15) is 0 Å². The van der Waals surface area contributed by atoms with Gasteiger partial charge in [0.1, 0.15) is 5.65 Å². The Balaban J connectivity index is 1.66. The number of hydrogen-bond acceptors (Lipinski definition) is 2. The first-order valence-corrected chi connectivity index (χ1v) is 10.00. The van der Waals surface area contributed by atoms with Gasteiger partial charge in [0.2, 0.25) is 0 Å². The van der Waals surface area contributed by atoms with Crippen LogP contribution in [0.1, 0.15) is 49.7 Å². The van der Waals surface area contributed by atoms with Crippen molar-refractivity contribution >= 4 is 16.6 Å². The van der Waals surface area contributed by atoms with Crippen molar-refractivity contribution in [2.45, 2.75) is 38.5 Å². The minimum absolute atomic E-state index is 0.454. The lowest BCUT2D eigenvalue weighted by Crippen LogP contribution is -2.26. The van der Waals surface area contributed by atoms with Gasteiger partial charge in [0.05, 0.1) is 5.69 Å². The van der Waals surface area contributed by atoms with Crippen LogP contribution in [0, 0.1) is 0 Å². The van der Waals surface area contributed by atoms with E-state index in [1.54, 1.807) is 0 Å². The zero-order valence-electron chi connectivity index (χ0n) is 16.0. The Morgan fingerprint density at radius 1 is 1.11 bits per heavy atom. The van der Waals surface area contributed by atoms with E-state index in [2.05, 4.69) is 70.1 Å². The number of rotatable bonds is 3. The van der Waals surface area contributed by atoms with E-state index in [4.69, 9.17) is 0 Å². The smallest absolute Gasteiger partial charge is 0.136 e. The van der Waals surface area contributed by atoms with Crippen LogP contribution in [-0.2, 0) is 0 Å². The van der Waals surface area contributed by atoms with Crippen molar-refractivity contribution in [3.05, 3.63) is 60.0 Å². The third-order valence-electron chi connectivity index (χ3n) is 5.93. The average Bonchev–Trinajstić information content (AvgIpc) is 3.31. The second kappa shape index (κ2) is 6.54. The molecule has 0 saturated carbocycles. The van der Waals surface area contributed by atoms with Gasteiger partial charge >= 0.3 is 0 Å². The molecule has 0 unspecified atom stereocenters. The summed E-state index contributed by atoms with van der Waals surface area (Å²) in [6.07, 6.45) is 8.49. The van der Waals surface area contributed by atoms with Crippen LogP contribution in [0.15, 0.2) is 48.9 Å². The van der Waals surface area contributed by atoms with Crippen LogP contribution < -0.4 is 5.32 Å². The highest BCUT2D eigenvalue weighted by Crippen LogP contribution is 2.37. The van der Waals surface area contributed by atoms with Crippen LogP contribution in [0.3, 0.4) is 0 Å². The molecule has 0 amide bonds. The average molecular weight is 358 g/mol. The fourth-order valence-electron chi connectivity index (χ4n) is 4.53. The van der Waals surface area contributed by atoms with Gasteiger partial charge in [-0.1, -0.05) is 19.9 Å². The van der Waals surface area contributed by atoms with Gasteiger partial charge in [0.15, 0.2) is 0 Å². The lowest BCUT2D eigenvalue weighted by atomic mass is 9.88. The molecule has 0 bridgehead atoms. The molecule has 0 atom stereocenters. The van der Waals surface area contributed by atoms with E-state index >= 15 is 0 Å². The highest BCUT2D eigenvalue weighted by Gasteiger charge is 2.20. The van der Waals surface area contributed by atoms with Crippen molar-refractivity contribution in [2.75, 3.05) is 13.1 Å². The highest BCUT2D eigenvalue weighted by atomic mass is 15.0. The summed E-state index contributed by atoms with van der Waals surface area (Å²) in [7, 11) is 0. The van der Waals surface area contributed by atoms with Crippen molar-refractivity contribution in [1.29, 1.82) is 0 Å². The molecule has 1 aliphatic heterocycles. The zero-order valence-corrected chi connectivity index (χ0v) is 16.0. The third-order valence-corrected chi connectivity index (χ3v) is 5.93. The second-order valence-electron chi connectivity index (χ2n) is 8.01. The minimum Gasteiger partial charge on any atom is -0.354 e. The van der Waals surface area contributed by atoms with Gasteiger partial charge in [-0.05, 0) is 73.2 Å². The molecule has 0 spiro atoms. The first-order valence-electron chi connectivity index (χ1n) is 10.00. The molecule has 27 heavy (non-hydrogen) atoms. The lowest BCUT2D eigenvalue weighted by Gasteiger charge is -2.23. The molecule has 5 rings (SSSR count). The fraction of sp³-hybridized carbons (Fsp3) is 0.348. The number of benzene rings is 1. The van der Waals surface area contributed by atoms with Crippen LogP contribution in [0.5, 0.6) is 0 Å². The number of imidazole rings is 1. The van der Waals surface area contributed by atoms with Gasteiger partial charge in [-0.15, -0.1) is 0 Å². The molecule has 4 nitrogen and oxygen atoms in total. The number of piperidine rings is 1. The second-order valence-corrected chi connectivity index (χ2v) is 8.01. The first kappa shape index (κ1) is 16.6. The normalized spacial score (nSPS) is 16.0. The molecule has 138 valence electrons. The molecular formula is C23H26N4. The Labute approximate surface area is 159 Å². The Bertz CT molecular complexity index is 1100. The van der Waals surface area contributed by atoms with Gasteiger partial charge in [-0.2, -0.15) is 0 Å². The molecule has 4 heterocycles. The van der Waals surface area contributed by atoms with E-state index in [0.717, 1.165) is 18.7 Å². The maximum Gasteiger partial charge on any atom is 0.136 e. The van der Waals surface area contributed by atoms with Gasteiger partial charge in [-0.3, -0.25) is 0 Å². The van der Waals surface area contributed by atoms with Crippen molar-refractivity contribution in [3.8, 4) is 11.3 Å². The standard InChI is InChI=1S/C23H26N4/c1-15(2)22-19-13-17(16-7-9-24-10-8-16)3-5-20(19)26-23(22)18-4-6-21-25-11-12-27(21)14-18/h3-6,11-16,24,26H,7-10H2,1-2H3. The van der Waals surface area contributed by atoms with Crippen LogP contribution in [0.4, 0.5) is 0 Å². The Morgan fingerprint density at radius 3 is 2.78 bits per heavy atom. The first-order chi connectivity index (χ1) is 13.2. The summed E-state index contributed by atoms with van der Waals surface area (Å²) in [5.74, 6) is 1.13. The molecule has 1 aromatic carbocycles. The molecule has 4 aromatic rings. The number of nitrogens with zero attached hydrogens (tertiary/aromatic N) is 2. The van der Waals surface area contributed by atoms with Gasteiger partial charge in [0.25, 0.3) is 0 Å². The van der Waals surface area contributed by atoms with E-state index < -0.39 is 0 Å². The van der Waals surface area contributed by atoms with Crippen molar-refractivity contribution in [3.63, 3.8) is 0 Å². The van der Waals surface area contributed by atoms with Crippen LogP contribution in [0.25, 0.3) is 27.8 Å². The number of aromatic amines is 1. The molecule has 1 aliphatic rings. The number of aromatic nitrogens is 3. The molecule has 1 fully saturated rings. The number of nitrogens with one attached hydrogen (secondary N) is 2. The number of H-pyrrole nitrogens is 1. The Hall–Kier alpha value is -2.59. The minimum atomic E-state index is 0.454. The molecule has 3 aromatic heterocycles. The molecule has 0 radical (unpaired) electrons. The summed E-state index contributed by atoms with van der Waals surface area (Å²) >= 11 is 0. The summed E-state index contributed by atoms with van der Waals surface area (Å²) in [5, 5.41) is 4.85. The molecule has 2 N–H and O–H groups in total. The third kappa shape index (κ3) is 2.85. The lowest BCUT2D eigenvalue weighted by molar-refractivity contribution is 0.460. The highest BCUT2D eigenvalue weighted by molar-refractivity contribution is 5.92. The number of hydrogen-bond donors (Lipinski definition) is 2. The summed E-state index contributed by atoms with van der Waals surface area (Å²) < 4.78 is 2.09. The predicted octanol–water partition coefficient (Wildman–Crippen LogP) is 5.07. The number of pyridine rings is 1. The molecule has 1 saturated heterocycles. The zero-order chi connectivity index (χ0) is 18.4. The quantitative estimate of drug-likeness (QED) is 0.537. The molecule has 0 aliphatic carbocycles. The van der Waals surface area contributed by atoms with Crippen LogP contribution in [-0.4, -0.2) is 27.5 Å². The maximum absolute atomic E-state index is 4.36. The molecular weight excluding hydrogens is 332 g/mol. The predicted molar refractivity (Wildman–Crippen MR) is 111 cm³/mol. The van der Waals surface area contributed by atoms with E-state index in [0.29, 0.717) is 11.8 Å². The van der Waals surface area contributed by atoms with Crippen molar-refractivity contribution in [1.82, 2.24) is 19.7 Å². The van der Waals surface area contributed by atoms with E-state index in [1.165, 1.54) is 46.1 Å². The Kier molecular flexibility index (Phi) is 4.01. The summed E-state index contributed by atoms with van der Waals surface area (Å²) in [6, 6.07) is 11.3. The van der Waals surface area contributed by atoms with Gasteiger partial charge in [0, 0.05) is 35.1 Å². The van der Waals surface area contributed by atoms with Gasteiger partial charge in [-0.25, -0.2) is 4.98 Å². The van der Waals surface area contributed by atoms with E-state index in [-0.39, 0.29) is 0 Å². The number of fused-ring (bicyclic) bond motifs is 2. The summed E-state index contributed by atoms with van der Waals surface area (Å²) in [5.41, 5.74) is 7.56. The summed E-state index contributed by atoms with van der Waals surface area (Å²) in [6.45, 7) is 6.84. The monoisotopic (exact) mass is 358 g/mol. The van der Waals surface area contributed by atoms with Crippen LogP contribution in [0.2, 0.25) is 0 Å². The Morgan fingerprint density at radius 2 is 1.96 bits per heavy atom. The SMILES string of the molecule is CC(C)c1c(-c2ccc3nccn3c2)[nH]c2ccc(C3CCNCC3)cc12. The fourth-order valence-corrected chi connectivity index (χ4v) is 4.53. The van der Waals surface area contributed by atoms with Crippen molar-refractivity contribution in [2.24, 2.45) is 0 Å². The van der Waals surface area contributed by atoms with Gasteiger partial charge < -0.3 is 14.7 Å². The maximum atomic E-state index is 4.36.